The fourth-order valence-corrected chi connectivity index (χ4v) is 1.11. The molecule has 0 aliphatic rings. The number of likely N-dealkylation sites (N-methyl/N-ethyl adjacent to an activating group) is 1. The third-order valence-electron chi connectivity index (χ3n) is 2.40. The van der Waals surface area contributed by atoms with Crippen LogP contribution in [-0.2, 0) is 24.1 Å². The Morgan fingerprint density at radius 1 is 1.30 bits per heavy atom. The fraction of sp³-hybridized carbons (Fsp3) is 0.750. The molecule has 1 N–H and O–H groups in total. The van der Waals surface area contributed by atoms with Gasteiger partial charge in [-0.25, -0.2) is 8.98 Å². The second-order valence-electron chi connectivity index (χ2n) is 4.73. The number of carbonyl (C=O) groups is 1. The van der Waals surface area contributed by atoms with Crippen molar-refractivity contribution in [3.05, 3.63) is 12.2 Å². The minimum absolute atomic E-state index is 0.0289. The van der Waals surface area contributed by atoms with Crippen molar-refractivity contribution < 1.29 is 31.2 Å². The van der Waals surface area contributed by atoms with Crippen molar-refractivity contribution in [1.29, 1.82) is 0 Å². The number of rotatable bonds is 7. The van der Waals surface area contributed by atoms with E-state index < -0.39 is 10.4 Å². The number of ether oxygens (including phenoxy) is 1. The molecule has 8 heteroatoms. The molecule has 7 nitrogen and oxygen atoms in total. The highest BCUT2D eigenvalue weighted by atomic mass is 32.3. The summed E-state index contributed by atoms with van der Waals surface area (Å²) in [5.74, 6) is -0.295. The number of quaternary nitrogens is 1. The molecular weight excluding hydrogens is 286 g/mol. The van der Waals surface area contributed by atoms with E-state index in [1.54, 1.807) is 6.92 Å². The summed E-state index contributed by atoms with van der Waals surface area (Å²) < 4.78 is 36.5. The predicted octanol–water partition coefficient (Wildman–Crippen LogP) is 1.03. The van der Waals surface area contributed by atoms with Gasteiger partial charge in [-0.05, 0) is 20.8 Å². The van der Waals surface area contributed by atoms with Crippen molar-refractivity contribution in [2.45, 2.75) is 20.8 Å². The first-order chi connectivity index (χ1) is 8.95. The Bertz CT molecular complexity index is 402. The van der Waals surface area contributed by atoms with Crippen molar-refractivity contribution in [2.24, 2.45) is 0 Å². The minimum atomic E-state index is -4.17. The van der Waals surface area contributed by atoms with Gasteiger partial charge in [0.15, 0.2) is 0 Å². The van der Waals surface area contributed by atoms with E-state index in [0.29, 0.717) is 12.2 Å². The summed E-state index contributed by atoms with van der Waals surface area (Å²) in [6.45, 7) is 11.1. The van der Waals surface area contributed by atoms with Crippen molar-refractivity contribution in [2.75, 3.05) is 40.4 Å². The molecule has 0 atom stereocenters. The summed E-state index contributed by atoms with van der Waals surface area (Å²) in [7, 11) is 0.0373. The fourth-order valence-electron chi connectivity index (χ4n) is 0.816. The van der Waals surface area contributed by atoms with Crippen LogP contribution in [0.3, 0.4) is 0 Å². The first kappa shape index (κ1) is 21.3. The summed E-state index contributed by atoms with van der Waals surface area (Å²) in [5, 5.41) is 0. The maximum atomic E-state index is 11.0. The van der Waals surface area contributed by atoms with Gasteiger partial charge in [-0.3, -0.25) is 4.55 Å². The molecule has 0 amide bonds. The average Bonchev–Trinajstić information content (AvgIpc) is 2.27. The number of hydrogen-bond acceptors (Lipinski definition) is 5. The molecule has 0 radical (unpaired) electrons. The number of nitrogens with zero attached hydrogens (tertiary/aromatic N) is 1. The van der Waals surface area contributed by atoms with Gasteiger partial charge in [0, 0.05) is 5.57 Å². The molecule has 0 rings (SSSR count). The van der Waals surface area contributed by atoms with E-state index >= 15 is 0 Å². The Morgan fingerprint density at radius 3 is 2.05 bits per heavy atom. The number of hydrogen-bond donors (Lipinski definition) is 1. The standard InChI is InChI=1S/C10H20NO2.C2H6O4S/c1-6-11(4,5)7-8-13-10(12)9(2)3;1-2-6-7(3,4)5/h2,6-8H2,1,3-5H3;2H2,1H3,(H,3,4,5)/q+1;. The van der Waals surface area contributed by atoms with Gasteiger partial charge in [0.25, 0.3) is 0 Å². The Labute approximate surface area is 121 Å². The molecule has 0 aromatic rings. The van der Waals surface area contributed by atoms with E-state index in [9.17, 15) is 13.2 Å². The van der Waals surface area contributed by atoms with Crippen molar-refractivity contribution in [1.82, 2.24) is 0 Å². The summed E-state index contributed by atoms with van der Waals surface area (Å²) in [4.78, 5) is 11.0. The second-order valence-corrected chi connectivity index (χ2v) is 5.82. The molecule has 0 spiro atoms. The van der Waals surface area contributed by atoms with Crippen LogP contribution in [0.1, 0.15) is 20.8 Å². The molecule has 0 aliphatic carbocycles. The summed E-state index contributed by atoms with van der Waals surface area (Å²) in [6, 6.07) is 0. The maximum absolute atomic E-state index is 11.0. The zero-order valence-corrected chi connectivity index (χ0v) is 13.7. The van der Waals surface area contributed by atoms with Gasteiger partial charge in [0.05, 0.1) is 27.2 Å². The SMILES string of the molecule is C=C(C)C(=O)OCC[N+](C)(C)CC.CCOS(=O)(=O)O. The van der Waals surface area contributed by atoms with Crippen LogP contribution in [0, 0.1) is 0 Å². The van der Waals surface area contributed by atoms with Gasteiger partial charge < -0.3 is 9.22 Å². The van der Waals surface area contributed by atoms with E-state index in [2.05, 4.69) is 31.8 Å². The Hall–Kier alpha value is -0.960. The molecule has 0 unspecified atom stereocenters. The van der Waals surface area contributed by atoms with Gasteiger partial charge in [-0.1, -0.05) is 6.58 Å². The number of carbonyl (C=O) groups excluding carboxylic acids is 1. The van der Waals surface area contributed by atoms with E-state index in [-0.39, 0.29) is 12.6 Å². The lowest BCUT2D eigenvalue weighted by atomic mass is 10.4. The van der Waals surface area contributed by atoms with Gasteiger partial charge in [0.2, 0.25) is 0 Å². The zero-order chi connectivity index (χ0) is 16.4. The van der Waals surface area contributed by atoms with Crippen molar-refractivity contribution >= 4 is 16.4 Å². The third kappa shape index (κ3) is 15.1. The first-order valence-electron chi connectivity index (χ1n) is 6.21. The molecule has 0 saturated heterocycles. The molecule has 0 saturated carbocycles. The average molecular weight is 312 g/mol. The van der Waals surface area contributed by atoms with Crippen LogP contribution in [0.25, 0.3) is 0 Å². The lowest BCUT2D eigenvalue weighted by Crippen LogP contribution is -2.42. The van der Waals surface area contributed by atoms with E-state index in [4.69, 9.17) is 9.29 Å². The van der Waals surface area contributed by atoms with E-state index in [1.165, 1.54) is 6.92 Å². The Morgan fingerprint density at radius 2 is 1.80 bits per heavy atom. The highest BCUT2D eigenvalue weighted by molar-refractivity contribution is 7.80. The van der Waals surface area contributed by atoms with Gasteiger partial charge >= 0.3 is 16.4 Å². The van der Waals surface area contributed by atoms with Crippen LogP contribution in [0.15, 0.2) is 12.2 Å². The first-order valence-corrected chi connectivity index (χ1v) is 7.58. The van der Waals surface area contributed by atoms with E-state index in [1.807, 2.05) is 0 Å². The van der Waals surface area contributed by atoms with Crippen LogP contribution in [0.2, 0.25) is 0 Å². The van der Waals surface area contributed by atoms with Crippen molar-refractivity contribution in [3.63, 3.8) is 0 Å². The highest BCUT2D eigenvalue weighted by Gasteiger charge is 2.12. The molecule has 20 heavy (non-hydrogen) atoms. The lowest BCUT2D eigenvalue weighted by molar-refractivity contribution is -0.888. The minimum Gasteiger partial charge on any atom is -0.456 e. The van der Waals surface area contributed by atoms with Gasteiger partial charge in [-0.15, -0.1) is 0 Å². The van der Waals surface area contributed by atoms with Crippen LogP contribution in [0.5, 0.6) is 0 Å². The monoisotopic (exact) mass is 312 g/mol. The van der Waals surface area contributed by atoms with E-state index in [0.717, 1.165) is 17.6 Å². The van der Waals surface area contributed by atoms with Crippen molar-refractivity contribution in [3.8, 4) is 0 Å². The maximum Gasteiger partial charge on any atom is 0.397 e. The Kier molecular flexibility index (Phi) is 10.5. The molecule has 0 aliphatic heterocycles. The topological polar surface area (TPSA) is 89.9 Å². The van der Waals surface area contributed by atoms with Crippen LogP contribution < -0.4 is 0 Å². The smallest absolute Gasteiger partial charge is 0.397 e. The van der Waals surface area contributed by atoms with Crippen LogP contribution >= 0.6 is 0 Å². The molecular formula is C12H26NO6S+. The summed E-state index contributed by atoms with van der Waals surface area (Å²) >= 11 is 0. The normalized spacial score (nSPS) is 11.3. The molecule has 0 bridgehead atoms. The Balaban J connectivity index is 0. The third-order valence-corrected chi connectivity index (χ3v) is 2.93. The van der Waals surface area contributed by atoms with Gasteiger partial charge in [-0.2, -0.15) is 8.42 Å². The van der Waals surface area contributed by atoms with Gasteiger partial charge in [0.1, 0.15) is 13.2 Å². The number of esters is 1. The lowest BCUT2D eigenvalue weighted by Gasteiger charge is -2.27. The molecule has 0 fully saturated rings. The predicted molar refractivity (Wildman–Crippen MR) is 76.5 cm³/mol. The molecule has 120 valence electrons. The quantitative estimate of drug-likeness (QED) is 0.327. The highest BCUT2D eigenvalue weighted by Crippen LogP contribution is 1.97. The molecule has 0 heterocycles. The largest absolute Gasteiger partial charge is 0.456 e. The second kappa shape index (κ2) is 9.87. The zero-order valence-electron chi connectivity index (χ0n) is 12.9. The molecule has 0 aromatic carbocycles. The summed E-state index contributed by atoms with van der Waals surface area (Å²) in [5.41, 5.74) is 0.460. The van der Waals surface area contributed by atoms with Crippen LogP contribution in [0.4, 0.5) is 0 Å². The van der Waals surface area contributed by atoms with Crippen LogP contribution in [-0.4, -0.2) is 63.8 Å². The summed E-state index contributed by atoms with van der Waals surface area (Å²) in [6.07, 6.45) is 0. The molecule has 0 aromatic heterocycles.